The first kappa shape index (κ1) is 16.1. The summed E-state index contributed by atoms with van der Waals surface area (Å²) in [5.74, 6) is 0.630. The van der Waals surface area contributed by atoms with Crippen LogP contribution in [-0.2, 0) is 4.79 Å². The monoisotopic (exact) mass is 297 g/mol. The number of carbonyl (C=O) groups excluding carboxylic acids is 2. The lowest BCUT2D eigenvalue weighted by Gasteiger charge is -2.36. The second kappa shape index (κ2) is 6.64. The minimum Gasteiger partial charge on any atom is -0.380 e. The summed E-state index contributed by atoms with van der Waals surface area (Å²) in [5, 5.41) is 13.0. The zero-order valence-corrected chi connectivity index (χ0v) is 12.8. The third-order valence-electron chi connectivity index (χ3n) is 4.92. The van der Waals surface area contributed by atoms with Crippen LogP contribution in [-0.4, -0.2) is 47.2 Å². The number of nitrogens with one attached hydrogen (secondary N) is 1. The van der Waals surface area contributed by atoms with E-state index in [4.69, 9.17) is 5.73 Å². The maximum absolute atomic E-state index is 12.1. The number of rotatable bonds is 3. The number of nitrogens with two attached hydrogens (primary N) is 1. The van der Waals surface area contributed by atoms with Gasteiger partial charge in [-0.1, -0.05) is 19.8 Å². The van der Waals surface area contributed by atoms with E-state index < -0.39 is 11.5 Å². The molecule has 2 atom stereocenters. The quantitative estimate of drug-likeness (QED) is 0.720. The van der Waals surface area contributed by atoms with Crippen LogP contribution in [0.25, 0.3) is 0 Å². The summed E-state index contributed by atoms with van der Waals surface area (Å²) < 4.78 is 0. The molecule has 6 nitrogen and oxygen atoms in total. The second-order valence-corrected chi connectivity index (χ2v) is 6.71. The van der Waals surface area contributed by atoms with E-state index in [9.17, 15) is 14.7 Å². The van der Waals surface area contributed by atoms with Crippen molar-refractivity contribution in [2.75, 3.05) is 19.6 Å². The minimum atomic E-state index is -1.45. The summed E-state index contributed by atoms with van der Waals surface area (Å²) in [6.07, 6.45) is 5.35. The molecule has 1 aliphatic carbocycles. The van der Waals surface area contributed by atoms with E-state index in [0.29, 0.717) is 19.0 Å². The fraction of sp³-hybridized carbons (Fsp3) is 0.867. The maximum atomic E-state index is 12.1. The predicted molar refractivity (Wildman–Crippen MR) is 79.5 cm³/mol. The van der Waals surface area contributed by atoms with Crippen LogP contribution >= 0.6 is 0 Å². The fourth-order valence-corrected chi connectivity index (χ4v) is 3.41. The molecule has 1 saturated carbocycles. The van der Waals surface area contributed by atoms with Gasteiger partial charge in [-0.2, -0.15) is 0 Å². The summed E-state index contributed by atoms with van der Waals surface area (Å²) in [6, 6.07) is -0.0975. The van der Waals surface area contributed by atoms with Crippen molar-refractivity contribution >= 4 is 11.9 Å². The van der Waals surface area contributed by atoms with Gasteiger partial charge in [0, 0.05) is 32.5 Å². The number of amides is 3. The lowest BCUT2D eigenvalue weighted by molar-refractivity contribution is -0.140. The molecular formula is C15H27N3O3. The van der Waals surface area contributed by atoms with Crippen molar-refractivity contribution in [1.82, 2.24) is 10.2 Å². The molecule has 4 N–H and O–H groups in total. The number of hydrogen-bond acceptors (Lipinski definition) is 3. The van der Waals surface area contributed by atoms with Gasteiger partial charge < -0.3 is 21.1 Å². The van der Waals surface area contributed by atoms with Gasteiger partial charge in [0.05, 0.1) is 0 Å². The Balaban J connectivity index is 1.73. The van der Waals surface area contributed by atoms with Crippen LogP contribution in [0.4, 0.5) is 4.79 Å². The first-order valence-corrected chi connectivity index (χ1v) is 7.96. The molecule has 0 bridgehead atoms. The fourth-order valence-electron chi connectivity index (χ4n) is 3.41. The number of hydrogen-bond donors (Lipinski definition) is 3. The predicted octanol–water partition coefficient (Wildman–Crippen LogP) is 0.835. The summed E-state index contributed by atoms with van der Waals surface area (Å²) in [5.41, 5.74) is 3.74. The number of piperidine rings is 1. The summed E-state index contributed by atoms with van der Waals surface area (Å²) in [4.78, 5) is 24.9. The zero-order chi connectivity index (χ0) is 15.5. The van der Waals surface area contributed by atoms with E-state index in [-0.39, 0.29) is 18.9 Å². The van der Waals surface area contributed by atoms with Crippen molar-refractivity contribution in [3.63, 3.8) is 0 Å². The molecule has 21 heavy (non-hydrogen) atoms. The number of likely N-dealkylation sites (tertiary alicyclic amines) is 1. The summed E-state index contributed by atoms with van der Waals surface area (Å²) in [7, 11) is 0. The van der Waals surface area contributed by atoms with Gasteiger partial charge in [-0.15, -0.1) is 0 Å². The first-order chi connectivity index (χ1) is 9.90. The molecule has 2 rings (SSSR count). The van der Waals surface area contributed by atoms with E-state index in [2.05, 4.69) is 12.2 Å². The molecule has 0 aromatic carbocycles. The van der Waals surface area contributed by atoms with Crippen LogP contribution in [0.2, 0.25) is 0 Å². The normalized spacial score (nSPS) is 29.0. The molecule has 2 unspecified atom stereocenters. The standard InChI is InChI=1S/C15H27N3O3/c1-11-3-2-4-12(9-11)10-17-14(20)18-7-5-15(21,6-8-18)13(16)19/h11-12,21H,2-10H2,1H3,(H2,16,19)(H,17,20). The van der Waals surface area contributed by atoms with Gasteiger partial charge >= 0.3 is 6.03 Å². The molecule has 2 fully saturated rings. The number of primary amides is 1. The highest BCUT2D eigenvalue weighted by atomic mass is 16.3. The molecule has 0 aromatic rings. The van der Waals surface area contributed by atoms with Gasteiger partial charge in [0.1, 0.15) is 5.60 Å². The average Bonchev–Trinajstić information content (AvgIpc) is 2.45. The van der Waals surface area contributed by atoms with Crippen molar-refractivity contribution in [2.24, 2.45) is 17.6 Å². The Labute approximate surface area is 126 Å². The lowest BCUT2D eigenvalue weighted by Crippen LogP contribution is -2.55. The third kappa shape index (κ3) is 4.09. The number of carbonyl (C=O) groups is 2. The third-order valence-corrected chi connectivity index (χ3v) is 4.92. The molecule has 120 valence electrons. The van der Waals surface area contributed by atoms with Crippen molar-refractivity contribution in [3.05, 3.63) is 0 Å². The molecule has 6 heteroatoms. The molecule has 1 heterocycles. The number of aliphatic hydroxyl groups is 1. The van der Waals surface area contributed by atoms with Crippen LogP contribution < -0.4 is 11.1 Å². The number of nitrogens with zero attached hydrogens (tertiary/aromatic N) is 1. The summed E-state index contributed by atoms with van der Waals surface area (Å²) >= 11 is 0. The molecule has 1 aliphatic heterocycles. The molecule has 0 radical (unpaired) electrons. The van der Waals surface area contributed by atoms with Crippen molar-refractivity contribution < 1.29 is 14.7 Å². The minimum absolute atomic E-state index is 0.0975. The van der Waals surface area contributed by atoms with Gasteiger partial charge in [0.25, 0.3) is 0 Å². The smallest absolute Gasteiger partial charge is 0.317 e. The van der Waals surface area contributed by atoms with Crippen molar-refractivity contribution in [3.8, 4) is 0 Å². The molecule has 3 amide bonds. The Hall–Kier alpha value is -1.30. The van der Waals surface area contributed by atoms with Crippen LogP contribution in [0, 0.1) is 11.8 Å². The van der Waals surface area contributed by atoms with E-state index in [1.807, 2.05) is 0 Å². The van der Waals surface area contributed by atoms with Crippen LogP contribution in [0.1, 0.15) is 45.4 Å². The van der Waals surface area contributed by atoms with Gasteiger partial charge in [-0.3, -0.25) is 4.79 Å². The topological polar surface area (TPSA) is 95.7 Å². The Morgan fingerprint density at radius 2 is 2.00 bits per heavy atom. The van der Waals surface area contributed by atoms with Gasteiger partial charge in [0.2, 0.25) is 5.91 Å². The van der Waals surface area contributed by atoms with E-state index in [1.165, 1.54) is 25.7 Å². The molecule has 1 saturated heterocycles. The number of urea groups is 1. The molecule has 0 aromatic heterocycles. The van der Waals surface area contributed by atoms with E-state index in [0.717, 1.165) is 12.5 Å². The Kier molecular flexibility index (Phi) is 5.08. The van der Waals surface area contributed by atoms with Gasteiger partial charge in [0.15, 0.2) is 0 Å². The zero-order valence-electron chi connectivity index (χ0n) is 12.8. The SMILES string of the molecule is CC1CCCC(CNC(=O)N2CCC(O)(C(N)=O)CC2)C1. The Bertz CT molecular complexity index is 392. The highest BCUT2D eigenvalue weighted by Gasteiger charge is 2.38. The second-order valence-electron chi connectivity index (χ2n) is 6.71. The van der Waals surface area contributed by atoms with Gasteiger partial charge in [-0.25, -0.2) is 4.79 Å². The highest BCUT2D eigenvalue weighted by Crippen LogP contribution is 2.28. The van der Waals surface area contributed by atoms with Crippen molar-refractivity contribution in [1.29, 1.82) is 0 Å². The van der Waals surface area contributed by atoms with Crippen LogP contribution in [0.15, 0.2) is 0 Å². The first-order valence-electron chi connectivity index (χ1n) is 7.96. The maximum Gasteiger partial charge on any atom is 0.317 e. The Morgan fingerprint density at radius 3 is 2.57 bits per heavy atom. The summed E-state index contributed by atoms with van der Waals surface area (Å²) in [6.45, 7) is 3.72. The molecule has 2 aliphatic rings. The molecule has 0 spiro atoms. The van der Waals surface area contributed by atoms with Crippen LogP contribution in [0.5, 0.6) is 0 Å². The Morgan fingerprint density at radius 1 is 1.33 bits per heavy atom. The average molecular weight is 297 g/mol. The lowest BCUT2D eigenvalue weighted by atomic mass is 9.82. The van der Waals surface area contributed by atoms with E-state index >= 15 is 0 Å². The van der Waals surface area contributed by atoms with Gasteiger partial charge in [-0.05, 0) is 24.7 Å². The van der Waals surface area contributed by atoms with Crippen LogP contribution in [0.3, 0.4) is 0 Å². The van der Waals surface area contributed by atoms with E-state index in [1.54, 1.807) is 4.90 Å². The molecular weight excluding hydrogens is 270 g/mol. The largest absolute Gasteiger partial charge is 0.380 e. The highest BCUT2D eigenvalue weighted by molar-refractivity contribution is 5.83. The van der Waals surface area contributed by atoms with Crippen molar-refractivity contribution in [2.45, 2.75) is 51.0 Å².